The highest BCUT2D eigenvalue weighted by Crippen LogP contribution is 2.19. The standard InChI is InChI=1S/C24H38N6/c1-4-20(12-13-27-22-8-6-21(25-3)7-9-22)19-29-14-16-30(17-15-29)24-11-10-23(18-28-24)26-5-2/h6-11,18,20,25-27H,4-5,12-17,19H2,1-3H3. The lowest BCUT2D eigenvalue weighted by Crippen LogP contribution is -2.48. The second-order valence-corrected chi connectivity index (χ2v) is 8.04. The molecule has 3 rings (SSSR count). The zero-order chi connectivity index (χ0) is 21.2. The number of hydrogen-bond donors (Lipinski definition) is 3. The van der Waals surface area contributed by atoms with Crippen molar-refractivity contribution in [2.45, 2.75) is 26.7 Å². The Morgan fingerprint density at radius 1 is 0.900 bits per heavy atom. The first-order valence-corrected chi connectivity index (χ1v) is 11.4. The highest BCUT2D eigenvalue weighted by atomic mass is 15.3. The van der Waals surface area contributed by atoms with Gasteiger partial charge in [0, 0.05) is 64.2 Å². The van der Waals surface area contributed by atoms with E-state index in [1.165, 1.54) is 25.1 Å². The minimum Gasteiger partial charge on any atom is -0.388 e. The summed E-state index contributed by atoms with van der Waals surface area (Å²) >= 11 is 0. The highest BCUT2D eigenvalue weighted by molar-refractivity contribution is 5.53. The van der Waals surface area contributed by atoms with Gasteiger partial charge in [0.15, 0.2) is 0 Å². The fraction of sp³-hybridized carbons (Fsp3) is 0.542. The van der Waals surface area contributed by atoms with Gasteiger partial charge in [-0.05, 0) is 55.7 Å². The topological polar surface area (TPSA) is 55.5 Å². The van der Waals surface area contributed by atoms with Crippen LogP contribution >= 0.6 is 0 Å². The first-order valence-electron chi connectivity index (χ1n) is 11.4. The molecule has 2 heterocycles. The lowest BCUT2D eigenvalue weighted by atomic mass is 10.0. The molecule has 1 unspecified atom stereocenters. The first kappa shape index (κ1) is 22.2. The van der Waals surface area contributed by atoms with Crippen LogP contribution in [0.3, 0.4) is 0 Å². The van der Waals surface area contributed by atoms with E-state index in [1.54, 1.807) is 0 Å². The Morgan fingerprint density at radius 3 is 2.20 bits per heavy atom. The van der Waals surface area contributed by atoms with Crippen LogP contribution < -0.4 is 20.9 Å². The third-order valence-corrected chi connectivity index (χ3v) is 5.97. The Kier molecular flexibility index (Phi) is 8.63. The molecule has 1 aliphatic rings. The predicted octanol–water partition coefficient (Wildman–Crippen LogP) is 4.21. The molecule has 0 bridgehead atoms. The van der Waals surface area contributed by atoms with Crippen molar-refractivity contribution in [1.82, 2.24) is 9.88 Å². The second kappa shape index (κ2) is 11.6. The number of pyridine rings is 1. The number of hydrogen-bond acceptors (Lipinski definition) is 6. The molecule has 2 aromatic rings. The molecule has 30 heavy (non-hydrogen) atoms. The summed E-state index contributed by atoms with van der Waals surface area (Å²) in [5.41, 5.74) is 3.44. The molecular weight excluding hydrogens is 372 g/mol. The van der Waals surface area contributed by atoms with Gasteiger partial charge in [-0.15, -0.1) is 0 Å². The summed E-state index contributed by atoms with van der Waals surface area (Å²) in [5, 5.41) is 10.0. The van der Waals surface area contributed by atoms with Crippen molar-refractivity contribution in [3.63, 3.8) is 0 Å². The average Bonchev–Trinajstić information content (AvgIpc) is 2.80. The van der Waals surface area contributed by atoms with Crippen molar-refractivity contribution < 1.29 is 0 Å². The highest BCUT2D eigenvalue weighted by Gasteiger charge is 2.20. The van der Waals surface area contributed by atoms with Crippen LogP contribution in [-0.4, -0.2) is 62.7 Å². The van der Waals surface area contributed by atoms with Gasteiger partial charge in [-0.3, -0.25) is 4.90 Å². The van der Waals surface area contributed by atoms with Gasteiger partial charge < -0.3 is 20.9 Å². The molecule has 1 aromatic heterocycles. The van der Waals surface area contributed by atoms with E-state index in [4.69, 9.17) is 0 Å². The zero-order valence-electron chi connectivity index (χ0n) is 18.8. The monoisotopic (exact) mass is 410 g/mol. The summed E-state index contributed by atoms with van der Waals surface area (Å²) in [6.07, 6.45) is 4.38. The number of nitrogens with zero attached hydrogens (tertiary/aromatic N) is 3. The molecule has 1 atom stereocenters. The zero-order valence-corrected chi connectivity index (χ0v) is 18.8. The maximum atomic E-state index is 4.64. The molecule has 1 fully saturated rings. The summed E-state index contributed by atoms with van der Waals surface area (Å²) in [6.45, 7) is 11.9. The summed E-state index contributed by atoms with van der Waals surface area (Å²) in [5.74, 6) is 1.83. The molecule has 0 aliphatic carbocycles. The van der Waals surface area contributed by atoms with E-state index < -0.39 is 0 Å². The number of piperazine rings is 1. The van der Waals surface area contributed by atoms with Crippen molar-refractivity contribution in [1.29, 1.82) is 0 Å². The molecule has 0 amide bonds. The van der Waals surface area contributed by atoms with E-state index in [9.17, 15) is 0 Å². The molecule has 1 aromatic carbocycles. The quantitative estimate of drug-likeness (QED) is 0.516. The van der Waals surface area contributed by atoms with E-state index in [2.05, 4.69) is 81.0 Å². The average molecular weight is 411 g/mol. The van der Waals surface area contributed by atoms with Gasteiger partial charge in [0.05, 0.1) is 11.9 Å². The Balaban J connectivity index is 1.39. The minimum absolute atomic E-state index is 0.734. The molecule has 3 N–H and O–H groups in total. The van der Waals surface area contributed by atoms with Crippen LogP contribution in [0.2, 0.25) is 0 Å². The summed E-state index contributed by atoms with van der Waals surface area (Å²) in [6, 6.07) is 12.8. The Bertz CT molecular complexity index is 722. The minimum atomic E-state index is 0.734. The predicted molar refractivity (Wildman–Crippen MR) is 130 cm³/mol. The Hall–Kier alpha value is -2.47. The molecule has 0 saturated carbocycles. The molecule has 164 valence electrons. The van der Waals surface area contributed by atoms with Crippen LogP contribution in [0, 0.1) is 5.92 Å². The van der Waals surface area contributed by atoms with E-state index >= 15 is 0 Å². The van der Waals surface area contributed by atoms with Gasteiger partial charge in [-0.1, -0.05) is 13.3 Å². The van der Waals surface area contributed by atoms with Gasteiger partial charge in [-0.25, -0.2) is 4.98 Å². The third kappa shape index (κ3) is 6.52. The summed E-state index contributed by atoms with van der Waals surface area (Å²) < 4.78 is 0. The van der Waals surface area contributed by atoms with Gasteiger partial charge in [0.1, 0.15) is 5.82 Å². The van der Waals surface area contributed by atoms with Gasteiger partial charge in [0.25, 0.3) is 0 Å². The number of benzene rings is 1. The number of nitrogens with one attached hydrogen (secondary N) is 3. The van der Waals surface area contributed by atoms with Crippen molar-refractivity contribution in [2.75, 3.05) is 73.7 Å². The Labute approximate surface area is 182 Å². The van der Waals surface area contributed by atoms with Crippen LogP contribution in [-0.2, 0) is 0 Å². The van der Waals surface area contributed by atoms with Crippen LogP contribution in [0.15, 0.2) is 42.6 Å². The van der Waals surface area contributed by atoms with Crippen LogP contribution in [0.1, 0.15) is 26.7 Å². The lowest BCUT2D eigenvalue weighted by molar-refractivity contribution is 0.211. The molecule has 1 aliphatic heterocycles. The lowest BCUT2D eigenvalue weighted by Gasteiger charge is -2.37. The fourth-order valence-corrected chi connectivity index (χ4v) is 4.01. The smallest absolute Gasteiger partial charge is 0.128 e. The normalized spacial score (nSPS) is 15.6. The molecule has 6 nitrogen and oxygen atoms in total. The van der Waals surface area contributed by atoms with Crippen LogP contribution in [0.4, 0.5) is 22.9 Å². The van der Waals surface area contributed by atoms with Gasteiger partial charge in [-0.2, -0.15) is 0 Å². The second-order valence-electron chi connectivity index (χ2n) is 8.04. The van der Waals surface area contributed by atoms with E-state index in [-0.39, 0.29) is 0 Å². The molecule has 6 heteroatoms. The number of aromatic nitrogens is 1. The Morgan fingerprint density at radius 2 is 1.60 bits per heavy atom. The first-order chi connectivity index (χ1) is 14.7. The fourth-order valence-electron chi connectivity index (χ4n) is 4.01. The van der Waals surface area contributed by atoms with Crippen molar-refractivity contribution in [3.8, 4) is 0 Å². The SMILES string of the molecule is CCNc1ccc(N2CCN(CC(CC)CCNc3ccc(NC)cc3)CC2)nc1. The van der Waals surface area contributed by atoms with E-state index in [0.717, 1.165) is 62.4 Å². The van der Waals surface area contributed by atoms with Crippen molar-refractivity contribution in [3.05, 3.63) is 42.6 Å². The molecule has 0 spiro atoms. The van der Waals surface area contributed by atoms with Crippen molar-refractivity contribution >= 4 is 22.9 Å². The maximum absolute atomic E-state index is 4.64. The van der Waals surface area contributed by atoms with Gasteiger partial charge in [0.2, 0.25) is 0 Å². The summed E-state index contributed by atoms with van der Waals surface area (Å²) in [4.78, 5) is 9.67. The largest absolute Gasteiger partial charge is 0.388 e. The van der Waals surface area contributed by atoms with Crippen molar-refractivity contribution in [2.24, 2.45) is 5.92 Å². The van der Waals surface area contributed by atoms with Crippen LogP contribution in [0.5, 0.6) is 0 Å². The maximum Gasteiger partial charge on any atom is 0.128 e. The molecular formula is C24H38N6. The van der Waals surface area contributed by atoms with Gasteiger partial charge >= 0.3 is 0 Å². The van der Waals surface area contributed by atoms with E-state index in [1.807, 2.05) is 13.2 Å². The third-order valence-electron chi connectivity index (χ3n) is 5.97. The molecule has 1 saturated heterocycles. The molecule has 0 radical (unpaired) electrons. The summed E-state index contributed by atoms with van der Waals surface area (Å²) in [7, 11) is 1.95. The number of anilines is 4. The van der Waals surface area contributed by atoms with E-state index in [0.29, 0.717) is 0 Å². The number of rotatable bonds is 11. The van der Waals surface area contributed by atoms with Crippen LogP contribution in [0.25, 0.3) is 0 Å².